The molecule has 1 heterocycles. The molecule has 0 saturated carbocycles. The number of hydrogen-bond acceptors (Lipinski definition) is 3. The molecule has 0 atom stereocenters. The minimum absolute atomic E-state index is 0.0172. The number of amides is 1. The average Bonchev–Trinajstić information content (AvgIpc) is 3.29. The smallest absolute Gasteiger partial charge is 0.475 e. The number of alkyl halides is 3. The zero-order valence-corrected chi connectivity index (χ0v) is 23.3. The Labute approximate surface area is 240 Å². The van der Waals surface area contributed by atoms with Crippen molar-refractivity contribution in [3.05, 3.63) is 101 Å². The molecule has 0 bridgehead atoms. The maximum atomic E-state index is 13.9. The van der Waals surface area contributed by atoms with Crippen LogP contribution in [0, 0.1) is 11.2 Å². The number of quaternary nitrogens is 1. The number of nitrogens with one attached hydrogen (secondary N) is 2. The van der Waals surface area contributed by atoms with Crippen molar-refractivity contribution >= 4 is 34.3 Å². The topological polar surface area (TPSA) is 121 Å². The standard InChI is InChI=1S/C28H30FN5O.C2HF3O2/c1-4-34(2,3)24-11-8-19(9-12-24)17-32-28(35)26-16-22-15-23(29)10-13-25(22)33(26)18-20-6-5-7-21(14-20)27(30)31;3-2(4,5)1(6)7/h5-16H,4,17-18H2,1-3H3,(H3-,30,31,32,35);(H,6,7)/p+1. The number of rotatable bonds is 8. The van der Waals surface area contributed by atoms with Gasteiger partial charge in [-0.3, -0.25) is 14.7 Å². The van der Waals surface area contributed by atoms with Crippen molar-refractivity contribution in [2.45, 2.75) is 26.2 Å². The number of benzene rings is 3. The molecule has 5 N–H and O–H groups in total. The summed E-state index contributed by atoms with van der Waals surface area (Å²) in [7, 11) is 4.31. The zero-order valence-electron chi connectivity index (χ0n) is 23.3. The molecule has 3 aromatic carbocycles. The third kappa shape index (κ3) is 7.94. The van der Waals surface area contributed by atoms with Crippen LogP contribution in [0.25, 0.3) is 10.9 Å². The largest absolute Gasteiger partial charge is 0.490 e. The molecule has 222 valence electrons. The van der Waals surface area contributed by atoms with Crippen LogP contribution in [0.3, 0.4) is 0 Å². The second-order valence-electron chi connectivity index (χ2n) is 10.1. The summed E-state index contributed by atoms with van der Waals surface area (Å²) in [5.74, 6) is -3.37. The van der Waals surface area contributed by atoms with Gasteiger partial charge >= 0.3 is 12.1 Å². The summed E-state index contributed by atoms with van der Waals surface area (Å²) in [4.78, 5) is 22.1. The third-order valence-electron chi connectivity index (χ3n) is 6.80. The number of carbonyl (C=O) groups excluding carboxylic acids is 1. The highest BCUT2D eigenvalue weighted by Gasteiger charge is 2.38. The van der Waals surface area contributed by atoms with E-state index in [1.807, 2.05) is 34.9 Å². The van der Waals surface area contributed by atoms with Gasteiger partial charge in [-0.2, -0.15) is 13.2 Å². The third-order valence-corrected chi connectivity index (χ3v) is 6.80. The van der Waals surface area contributed by atoms with Crippen molar-refractivity contribution in [2.75, 3.05) is 20.6 Å². The summed E-state index contributed by atoms with van der Waals surface area (Å²) in [6, 6.07) is 21.8. The van der Waals surface area contributed by atoms with E-state index in [0.29, 0.717) is 29.7 Å². The number of nitrogens with two attached hydrogens (primary N) is 1. The minimum atomic E-state index is -5.08. The molecule has 8 nitrogen and oxygen atoms in total. The number of halogens is 4. The lowest BCUT2D eigenvalue weighted by Crippen LogP contribution is -2.39. The predicted octanol–water partition coefficient (Wildman–Crippen LogP) is 5.26. The average molecular weight is 587 g/mol. The minimum Gasteiger partial charge on any atom is -0.475 e. The Hall–Kier alpha value is -4.71. The van der Waals surface area contributed by atoms with E-state index in [9.17, 15) is 22.4 Å². The summed E-state index contributed by atoms with van der Waals surface area (Å²) in [5.41, 5.74) is 10.6. The summed E-state index contributed by atoms with van der Waals surface area (Å²) in [6.07, 6.45) is -5.08. The van der Waals surface area contributed by atoms with Crippen molar-refractivity contribution in [1.82, 2.24) is 14.4 Å². The number of aliphatic carboxylic acids is 1. The highest BCUT2D eigenvalue weighted by atomic mass is 19.4. The van der Waals surface area contributed by atoms with Gasteiger partial charge in [-0.05, 0) is 60.5 Å². The molecular formula is C30H32F4N5O3+. The first-order chi connectivity index (χ1) is 19.6. The van der Waals surface area contributed by atoms with Gasteiger partial charge in [-0.25, -0.2) is 9.18 Å². The molecule has 42 heavy (non-hydrogen) atoms. The predicted molar refractivity (Wildman–Crippen MR) is 154 cm³/mol. The number of fused-ring (bicyclic) bond motifs is 1. The molecule has 0 aliphatic heterocycles. The van der Waals surface area contributed by atoms with E-state index >= 15 is 0 Å². The SMILES string of the molecule is CC[N+](C)(C)c1ccc(CNC(=O)c2cc3cc(F)ccc3n2Cc2cccc(C(=N)N)c2)cc1.O=C(O)C(F)(F)F. The molecule has 0 spiro atoms. The molecule has 12 heteroatoms. The lowest BCUT2D eigenvalue weighted by atomic mass is 10.1. The Morgan fingerprint density at radius 3 is 2.21 bits per heavy atom. The first kappa shape index (κ1) is 31.8. The number of nitrogen functional groups attached to an aromatic ring is 1. The Kier molecular flexibility index (Phi) is 9.74. The van der Waals surface area contributed by atoms with Crippen molar-refractivity contribution in [3.8, 4) is 0 Å². The first-order valence-electron chi connectivity index (χ1n) is 12.9. The van der Waals surface area contributed by atoms with Gasteiger partial charge in [0.1, 0.15) is 23.0 Å². The molecule has 0 aliphatic carbocycles. The molecule has 4 aromatic rings. The molecule has 0 saturated heterocycles. The quantitative estimate of drug-likeness (QED) is 0.0974. The van der Waals surface area contributed by atoms with E-state index in [1.165, 1.54) is 17.8 Å². The van der Waals surface area contributed by atoms with Gasteiger partial charge in [-0.15, -0.1) is 0 Å². The van der Waals surface area contributed by atoms with Crippen LogP contribution >= 0.6 is 0 Å². The summed E-state index contributed by atoms with van der Waals surface area (Å²) in [5, 5.41) is 18.5. The summed E-state index contributed by atoms with van der Waals surface area (Å²) < 4.78 is 48.3. The molecule has 0 fully saturated rings. The van der Waals surface area contributed by atoms with Crippen molar-refractivity contribution in [3.63, 3.8) is 0 Å². The van der Waals surface area contributed by atoms with Gasteiger partial charge in [0.05, 0.1) is 20.6 Å². The van der Waals surface area contributed by atoms with Crippen LogP contribution in [0.1, 0.15) is 34.1 Å². The number of hydrogen-bond donors (Lipinski definition) is 4. The first-order valence-corrected chi connectivity index (χ1v) is 12.9. The number of nitrogens with zero attached hydrogens (tertiary/aromatic N) is 2. The van der Waals surface area contributed by atoms with Crippen molar-refractivity contribution in [1.29, 1.82) is 5.41 Å². The van der Waals surface area contributed by atoms with Crippen LogP contribution in [-0.2, 0) is 17.9 Å². The van der Waals surface area contributed by atoms with Crippen molar-refractivity contribution in [2.24, 2.45) is 5.73 Å². The molecular weight excluding hydrogens is 554 g/mol. The van der Waals surface area contributed by atoms with Crippen LogP contribution in [0.2, 0.25) is 0 Å². The zero-order chi connectivity index (χ0) is 31.2. The van der Waals surface area contributed by atoms with E-state index in [0.717, 1.165) is 27.7 Å². The number of amidine groups is 1. The Bertz CT molecular complexity index is 1600. The van der Waals surface area contributed by atoms with Crippen LogP contribution in [0.5, 0.6) is 0 Å². The summed E-state index contributed by atoms with van der Waals surface area (Å²) in [6.45, 7) is 3.90. The normalized spacial score (nSPS) is 11.5. The van der Waals surface area contributed by atoms with Crippen LogP contribution in [0.15, 0.2) is 72.8 Å². The fourth-order valence-corrected chi connectivity index (χ4v) is 4.09. The second kappa shape index (κ2) is 12.9. The monoisotopic (exact) mass is 586 g/mol. The summed E-state index contributed by atoms with van der Waals surface area (Å²) >= 11 is 0. The Balaban J connectivity index is 0.000000616. The van der Waals surface area contributed by atoms with Gasteiger partial charge in [0.2, 0.25) is 0 Å². The molecule has 1 aromatic heterocycles. The number of carboxylic acids is 1. The van der Waals surface area contributed by atoms with Crippen LogP contribution in [0.4, 0.5) is 23.2 Å². The lowest BCUT2D eigenvalue weighted by molar-refractivity contribution is -0.192. The van der Waals surface area contributed by atoms with Gasteiger partial charge in [0, 0.05) is 29.6 Å². The molecule has 4 rings (SSSR count). The van der Waals surface area contributed by atoms with Gasteiger partial charge in [0.25, 0.3) is 5.91 Å². The second-order valence-corrected chi connectivity index (χ2v) is 10.1. The van der Waals surface area contributed by atoms with E-state index in [1.54, 1.807) is 18.2 Å². The molecule has 1 amide bonds. The van der Waals surface area contributed by atoms with E-state index < -0.39 is 12.1 Å². The van der Waals surface area contributed by atoms with Gasteiger partial charge in [0.15, 0.2) is 0 Å². The molecule has 0 aliphatic rings. The maximum Gasteiger partial charge on any atom is 0.490 e. The van der Waals surface area contributed by atoms with Gasteiger partial charge < -0.3 is 20.7 Å². The highest BCUT2D eigenvalue weighted by molar-refractivity contribution is 5.99. The highest BCUT2D eigenvalue weighted by Crippen LogP contribution is 2.24. The van der Waals surface area contributed by atoms with E-state index in [4.69, 9.17) is 21.0 Å². The number of aromatic nitrogens is 1. The van der Waals surface area contributed by atoms with E-state index in [2.05, 4.69) is 38.5 Å². The number of carbonyl (C=O) groups is 2. The molecule has 0 unspecified atom stereocenters. The fraction of sp³-hybridized carbons (Fsp3) is 0.233. The van der Waals surface area contributed by atoms with Gasteiger partial charge in [-0.1, -0.05) is 30.3 Å². The lowest BCUT2D eigenvalue weighted by Gasteiger charge is -2.27. The Morgan fingerprint density at radius 1 is 1.00 bits per heavy atom. The van der Waals surface area contributed by atoms with Crippen molar-refractivity contribution < 1.29 is 32.3 Å². The Morgan fingerprint density at radius 2 is 1.64 bits per heavy atom. The fourth-order valence-electron chi connectivity index (χ4n) is 4.09. The number of carboxylic acid groups (broad SMARTS) is 1. The van der Waals surface area contributed by atoms with E-state index in [-0.39, 0.29) is 17.6 Å². The maximum absolute atomic E-state index is 13.9. The molecule has 0 radical (unpaired) electrons. The van der Waals surface area contributed by atoms with Crippen LogP contribution < -0.4 is 15.5 Å². The van der Waals surface area contributed by atoms with Crippen LogP contribution in [-0.4, -0.2) is 54.2 Å².